The molecule has 0 heterocycles. The van der Waals surface area contributed by atoms with Crippen LogP contribution in [0, 0.1) is 17.8 Å². The summed E-state index contributed by atoms with van der Waals surface area (Å²) in [6.45, 7) is 6.61. The van der Waals surface area contributed by atoms with Gasteiger partial charge >= 0.3 is 12.2 Å². The van der Waals surface area contributed by atoms with Crippen molar-refractivity contribution in [3.05, 3.63) is 144 Å². The fourth-order valence-corrected chi connectivity index (χ4v) is 6.47. The third-order valence-corrected chi connectivity index (χ3v) is 9.70. The third kappa shape index (κ3) is 14.4. The molecule has 4 aromatic rings. The maximum absolute atomic E-state index is 14.0. The van der Waals surface area contributed by atoms with E-state index in [0.717, 1.165) is 22.3 Å². The lowest BCUT2D eigenvalue weighted by Crippen LogP contribution is -2.60. The summed E-state index contributed by atoms with van der Waals surface area (Å²) in [6.07, 6.45) is -2.55. The average Bonchev–Trinajstić information content (AvgIpc) is 3.21. The Balaban J connectivity index is 1.56. The third-order valence-electron chi connectivity index (χ3n) is 9.70. The number of aliphatic hydroxyl groups excluding tert-OH is 2. The van der Waals surface area contributed by atoms with Crippen LogP contribution in [0.5, 0.6) is 0 Å². The number of carbonyl (C=O) groups excluding carboxylic acids is 4. The zero-order valence-electron chi connectivity index (χ0n) is 33.0. The molecule has 4 rings (SSSR count). The van der Waals surface area contributed by atoms with Crippen LogP contribution < -0.4 is 21.3 Å². The molecule has 6 N–H and O–H groups in total. The van der Waals surface area contributed by atoms with E-state index in [0.29, 0.717) is 0 Å². The fraction of sp³-hybridized carbons (Fsp3) is 0.378. The maximum atomic E-state index is 14.0. The van der Waals surface area contributed by atoms with Crippen LogP contribution in [0.2, 0.25) is 0 Å². The van der Waals surface area contributed by atoms with Crippen LogP contribution in [-0.2, 0) is 45.1 Å². The minimum atomic E-state index is -1.40. The van der Waals surface area contributed by atoms with E-state index in [9.17, 15) is 29.4 Å². The highest BCUT2D eigenvalue weighted by atomic mass is 16.6. The lowest BCUT2D eigenvalue weighted by molar-refractivity contribution is -0.128. The zero-order chi connectivity index (χ0) is 41.2. The number of aliphatic hydroxyl groups is 2. The van der Waals surface area contributed by atoms with Crippen molar-refractivity contribution in [3.63, 3.8) is 0 Å². The number of nitrogens with one attached hydrogen (secondary N) is 4. The molecule has 304 valence electrons. The van der Waals surface area contributed by atoms with Crippen molar-refractivity contribution in [1.29, 1.82) is 0 Å². The zero-order valence-corrected chi connectivity index (χ0v) is 33.0. The molecule has 4 amide bonds. The molecule has 12 nitrogen and oxygen atoms in total. The molecule has 0 aliphatic heterocycles. The molecular formula is C45H56N4O8. The summed E-state index contributed by atoms with van der Waals surface area (Å²) >= 11 is 0. The van der Waals surface area contributed by atoms with Crippen molar-refractivity contribution in [1.82, 2.24) is 21.3 Å². The summed E-state index contributed by atoms with van der Waals surface area (Å²) in [5.41, 5.74) is 3.20. The van der Waals surface area contributed by atoms with E-state index in [-0.39, 0.29) is 37.9 Å². The van der Waals surface area contributed by atoms with Gasteiger partial charge in [-0.3, -0.25) is 9.59 Å². The molecule has 6 atom stereocenters. The Morgan fingerprint density at radius 1 is 0.509 bits per heavy atom. The van der Waals surface area contributed by atoms with Crippen molar-refractivity contribution in [2.75, 3.05) is 6.61 Å². The summed E-state index contributed by atoms with van der Waals surface area (Å²) in [5, 5.41) is 34.5. The first-order valence-corrected chi connectivity index (χ1v) is 19.4. The summed E-state index contributed by atoms with van der Waals surface area (Å²) in [4.78, 5) is 53.8. The SMILES string of the molecule is CC(C)[C@H](NC(=O)OCc1ccccc1)C(=O)N[C@@H](Cc1ccccc1)[C@H](O)[C@@H](CO)[C@H](Cc1ccccc1)NC(=O)[C@@H](NC(=O)OCc1ccccc1)C(C)C. The van der Waals surface area contributed by atoms with Gasteiger partial charge < -0.3 is 41.0 Å². The van der Waals surface area contributed by atoms with Gasteiger partial charge in [0.2, 0.25) is 11.8 Å². The monoisotopic (exact) mass is 780 g/mol. The van der Waals surface area contributed by atoms with E-state index in [2.05, 4.69) is 21.3 Å². The van der Waals surface area contributed by atoms with Crippen LogP contribution in [-0.4, -0.2) is 71.1 Å². The molecule has 0 fully saturated rings. The van der Waals surface area contributed by atoms with Crippen LogP contribution in [0.25, 0.3) is 0 Å². The molecule has 0 radical (unpaired) electrons. The van der Waals surface area contributed by atoms with E-state index < -0.39 is 66.8 Å². The summed E-state index contributed by atoms with van der Waals surface area (Å²) in [7, 11) is 0. The number of amides is 4. The Kier molecular flexibility index (Phi) is 17.6. The number of alkyl carbamates (subject to hydrolysis) is 2. The van der Waals surface area contributed by atoms with Crippen LogP contribution in [0.3, 0.4) is 0 Å². The Morgan fingerprint density at radius 3 is 1.19 bits per heavy atom. The Hall–Kier alpha value is -5.72. The van der Waals surface area contributed by atoms with E-state index in [1.54, 1.807) is 27.7 Å². The van der Waals surface area contributed by atoms with Gasteiger partial charge in [-0.1, -0.05) is 149 Å². The Labute approximate surface area is 335 Å². The molecule has 0 unspecified atom stereocenters. The number of carbonyl (C=O) groups is 4. The second-order valence-corrected chi connectivity index (χ2v) is 14.8. The van der Waals surface area contributed by atoms with Crippen molar-refractivity contribution in [2.45, 2.75) is 84.0 Å². The molecule has 0 saturated carbocycles. The minimum Gasteiger partial charge on any atom is -0.445 e. The first-order valence-electron chi connectivity index (χ1n) is 19.4. The molecule has 0 aromatic heterocycles. The molecular weight excluding hydrogens is 725 g/mol. The number of hydrogen-bond acceptors (Lipinski definition) is 8. The predicted octanol–water partition coefficient (Wildman–Crippen LogP) is 5.31. The summed E-state index contributed by atoms with van der Waals surface area (Å²) in [5.74, 6) is -2.80. The standard InChI is InChI=1S/C45H56N4O8/c1-30(2)39(48-44(54)56-28-34-21-13-7-14-22-34)42(52)46-37(25-32-17-9-5-10-18-32)36(27-50)41(51)38(26-33-19-11-6-12-20-33)47-43(53)40(31(3)4)49-45(55)57-29-35-23-15-8-16-24-35/h5-24,30-31,36-41,50-51H,25-29H2,1-4H3,(H,46,52)(H,47,53)(H,48,54)(H,49,55)/t36-,37-,38-,39-,40-,41+/m0/s1. The molecule has 0 spiro atoms. The van der Waals surface area contributed by atoms with Crippen molar-refractivity contribution in [3.8, 4) is 0 Å². The largest absolute Gasteiger partial charge is 0.445 e. The second-order valence-electron chi connectivity index (χ2n) is 14.8. The van der Waals surface area contributed by atoms with E-state index >= 15 is 0 Å². The minimum absolute atomic E-state index is 0.0171. The van der Waals surface area contributed by atoms with E-state index in [1.807, 2.05) is 121 Å². The van der Waals surface area contributed by atoms with Crippen LogP contribution >= 0.6 is 0 Å². The van der Waals surface area contributed by atoms with Crippen molar-refractivity contribution >= 4 is 24.0 Å². The smallest absolute Gasteiger partial charge is 0.408 e. The first-order chi connectivity index (χ1) is 27.4. The number of hydrogen-bond donors (Lipinski definition) is 6. The molecule has 0 saturated heterocycles. The summed E-state index contributed by atoms with van der Waals surface area (Å²) in [6, 6.07) is 33.0. The van der Waals surface area contributed by atoms with E-state index in [4.69, 9.17) is 9.47 Å². The van der Waals surface area contributed by atoms with Gasteiger partial charge in [-0.05, 0) is 46.9 Å². The van der Waals surface area contributed by atoms with Gasteiger partial charge in [-0.15, -0.1) is 0 Å². The van der Waals surface area contributed by atoms with Crippen LogP contribution in [0.15, 0.2) is 121 Å². The van der Waals surface area contributed by atoms with Gasteiger partial charge in [0.15, 0.2) is 0 Å². The Morgan fingerprint density at radius 2 is 0.842 bits per heavy atom. The Bertz CT molecular complexity index is 1810. The second kappa shape index (κ2) is 22.7. The van der Waals surface area contributed by atoms with Gasteiger partial charge in [0.1, 0.15) is 25.3 Å². The molecule has 57 heavy (non-hydrogen) atoms. The van der Waals surface area contributed by atoms with Gasteiger partial charge in [0.05, 0.1) is 18.8 Å². The average molecular weight is 781 g/mol. The first kappa shape index (κ1) is 44.0. The number of benzene rings is 4. The molecule has 0 aliphatic rings. The molecule has 12 heteroatoms. The lowest BCUT2D eigenvalue weighted by Gasteiger charge is -2.37. The van der Waals surface area contributed by atoms with E-state index in [1.165, 1.54) is 0 Å². The predicted molar refractivity (Wildman–Crippen MR) is 218 cm³/mol. The van der Waals surface area contributed by atoms with Gasteiger partial charge in [0.25, 0.3) is 0 Å². The summed E-state index contributed by atoms with van der Waals surface area (Å²) < 4.78 is 10.8. The molecule has 0 aliphatic carbocycles. The lowest BCUT2D eigenvalue weighted by atomic mass is 9.83. The normalized spacial score (nSPS) is 14.3. The van der Waals surface area contributed by atoms with Crippen molar-refractivity contribution < 1.29 is 38.9 Å². The number of ether oxygens (including phenoxy) is 2. The van der Waals surface area contributed by atoms with Gasteiger partial charge in [0, 0.05) is 12.0 Å². The van der Waals surface area contributed by atoms with Gasteiger partial charge in [-0.2, -0.15) is 0 Å². The topological polar surface area (TPSA) is 175 Å². The highest BCUT2D eigenvalue weighted by Gasteiger charge is 2.38. The quantitative estimate of drug-likeness (QED) is 0.0700. The van der Waals surface area contributed by atoms with Crippen LogP contribution in [0.4, 0.5) is 9.59 Å². The highest BCUT2D eigenvalue weighted by molar-refractivity contribution is 5.87. The number of rotatable bonds is 20. The van der Waals surface area contributed by atoms with Crippen molar-refractivity contribution in [2.24, 2.45) is 17.8 Å². The van der Waals surface area contributed by atoms with Gasteiger partial charge in [-0.25, -0.2) is 9.59 Å². The maximum Gasteiger partial charge on any atom is 0.408 e. The fourth-order valence-electron chi connectivity index (χ4n) is 6.47. The molecule has 4 aromatic carbocycles. The van der Waals surface area contributed by atoms with Crippen LogP contribution in [0.1, 0.15) is 49.9 Å². The molecule has 0 bridgehead atoms. The highest BCUT2D eigenvalue weighted by Crippen LogP contribution is 2.21.